The third-order valence-corrected chi connectivity index (χ3v) is 2.13. The van der Waals surface area contributed by atoms with Crippen molar-refractivity contribution in [1.82, 2.24) is 10.2 Å². The number of nitrogens with zero attached hydrogens (tertiary/aromatic N) is 1. The summed E-state index contributed by atoms with van der Waals surface area (Å²) < 4.78 is 4.92. The molecule has 2 aromatic rings. The lowest BCUT2D eigenvalue weighted by Crippen LogP contribution is -1.72. The van der Waals surface area contributed by atoms with Gasteiger partial charge in [0.2, 0.25) is 0 Å². The van der Waals surface area contributed by atoms with Crippen LogP contribution in [-0.2, 0) is 0 Å². The van der Waals surface area contributed by atoms with Gasteiger partial charge in [0.05, 0.1) is 23.2 Å². The van der Waals surface area contributed by atoms with Crippen LogP contribution in [0.5, 0.6) is 0 Å². The maximum absolute atomic E-state index is 5.96. The topological polar surface area (TPSA) is 41.8 Å². The van der Waals surface area contributed by atoms with Gasteiger partial charge in [-0.05, 0) is 13.0 Å². The number of hydrogen-bond donors (Lipinski definition) is 1. The van der Waals surface area contributed by atoms with Gasteiger partial charge in [0.1, 0.15) is 5.69 Å². The van der Waals surface area contributed by atoms with Crippen LogP contribution in [0.4, 0.5) is 0 Å². The van der Waals surface area contributed by atoms with Crippen molar-refractivity contribution in [3.8, 4) is 11.3 Å². The summed E-state index contributed by atoms with van der Waals surface area (Å²) in [7, 11) is 0. The highest BCUT2D eigenvalue weighted by molar-refractivity contribution is 6.33. The summed E-state index contributed by atoms with van der Waals surface area (Å²) in [5.41, 5.74) is 2.50. The first-order valence-corrected chi connectivity index (χ1v) is 3.90. The Hall–Kier alpha value is -1.22. The summed E-state index contributed by atoms with van der Waals surface area (Å²) >= 11 is 5.96. The lowest BCUT2D eigenvalue weighted by molar-refractivity contribution is 0.568. The zero-order chi connectivity index (χ0) is 8.55. The van der Waals surface area contributed by atoms with Crippen molar-refractivity contribution in [2.24, 2.45) is 0 Å². The minimum Gasteiger partial charge on any atom is -0.472 e. The molecule has 0 aliphatic rings. The van der Waals surface area contributed by atoms with Crippen molar-refractivity contribution in [2.75, 3.05) is 0 Å². The second-order valence-electron chi connectivity index (χ2n) is 2.52. The monoisotopic (exact) mass is 182 g/mol. The Morgan fingerprint density at radius 2 is 2.42 bits per heavy atom. The van der Waals surface area contributed by atoms with Gasteiger partial charge in [-0.2, -0.15) is 5.10 Å². The standard InChI is InChI=1S/C8H7ClN2O/c1-5-7(9)8(11-10-5)6-2-3-12-4-6/h2-4H,1H3,(H,10,11). The molecular weight excluding hydrogens is 176 g/mol. The fraction of sp³-hybridized carbons (Fsp3) is 0.125. The average Bonchev–Trinajstić information content (AvgIpc) is 2.64. The largest absolute Gasteiger partial charge is 0.472 e. The number of aromatic amines is 1. The van der Waals surface area contributed by atoms with Gasteiger partial charge in [0.15, 0.2) is 0 Å². The Morgan fingerprint density at radius 1 is 1.58 bits per heavy atom. The summed E-state index contributed by atoms with van der Waals surface area (Å²) in [4.78, 5) is 0. The molecule has 12 heavy (non-hydrogen) atoms. The molecule has 0 aromatic carbocycles. The molecule has 2 aromatic heterocycles. The molecule has 2 rings (SSSR count). The van der Waals surface area contributed by atoms with E-state index in [2.05, 4.69) is 10.2 Å². The third-order valence-electron chi connectivity index (χ3n) is 1.67. The van der Waals surface area contributed by atoms with Gasteiger partial charge < -0.3 is 4.42 Å². The van der Waals surface area contributed by atoms with Crippen LogP contribution in [0, 0.1) is 6.92 Å². The minimum absolute atomic E-state index is 0.649. The summed E-state index contributed by atoms with van der Waals surface area (Å²) in [5, 5.41) is 7.49. The molecule has 1 N–H and O–H groups in total. The van der Waals surface area contributed by atoms with Crippen molar-refractivity contribution < 1.29 is 4.42 Å². The van der Waals surface area contributed by atoms with Crippen molar-refractivity contribution in [3.63, 3.8) is 0 Å². The minimum atomic E-state index is 0.649. The van der Waals surface area contributed by atoms with E-state index in [4.69, 9.17) is 16.0 Å². The maximum atomic E-state index is 5.96. The molecule has 2 heterocycles. The van der Waals surface area contributed by atoms with Gasteiger partial charge in [-0.3, -0.25) is 5.10 Å². The highest BCUT2D eigenvalue weighted by Gasteiger charge is 2.10. The van der Waals surface area contributed by atoms with E-state index in [0.717, 1.165) is 17.0 Å². The molecule has 0 aliphatic heterocycles. The predicted octanol–water partition coefficient (Wildman–Crippen LogP) is 2.63. The molecule has 3 nitrogen and oxygen atoms in total. The average molecular weight is 183 g/mol. The quantitative estimate of drug-likeness (QED) is 0.737. The molecule has 0 atom stereocenters. The van der Waals surface area contributed by atoms with Crippen LogP contribution >= 0.6 is 11.6 Å². The maximum Gasteiger partial charge on any atom is 0.114 e. The lowest BCUT2D eigenvalue weighted by Gasteiger charge is -1.88. The van der Waals surface area contributed by atoms with Crippen LogP contribution in [0.15, 0.2) is 23.0 Å². The first kappa shape index (κ1) is 7.43. The van der Waals surface area contributed by atoms with Crippen LogP contribution in [0.25, 0.3) is 11.3 Å². The Labute approximate surface area is 74.3 Å². The Bertz CT molecular complexity index is 378. The van der Waals surface area contributed by atoms with Gasteiger partial charge in [0.25, 0.3) is 0 Å². The van der Waals surface area contributed by atoms with E-state index >= 15 is 0 Å². The van der Waals surface area contributed by atoms with Crippen LogP contribution in [-0.4, -0.2) is 10.2 Å². The second-order valence-corrected chi connectivity index (χ2v) is 2.90. The highest BCUT2D eigenvalue weighted by atomic mass is 35.5. The molecule has 0 saturated carbocycles. The summed E-state index contributed by atoms with van der Waals surface area (Å²) in [6.07, 6.45) is 3.21. The first-order valence-electron chi connectivity index (χ1n) is 3.52. The van der Waals surface area contributed by atoms with Crippen LogP contribution < -0.4 is 0 Å². The summed E-state index contributed by atoms with van der Waals surface area (Å²) in [6, 6.07) is 1.82. The molecule has 0 bridgehead atoms. The number of rotatable bonds is 1. The summed E-state index contributed by atoms with van der Waals surface area (Å²) in [5.74, 6) is 0. The van der Waals surface area contributed by atoms with Gasteiger partial charge in [-0.15, -0.1) is 0 Å². The van der Waals surface area contributed by atoms with Crippen LogP contribution in [0.2, 0.25) is 5.02 Å². The van der Waals surface area contributed by atoms with Crippen molar-refractivity contribution in [1.29, 1.82) is 0 Å². The fourth-order valence-corrected chi connectivity index (χ4v) is 1.20. The van der Waals surface area contributed by atoms with Crippen molar-refractivity contribution >= 4 is 11.6 Å². The number of halogens is 1. The van der Waals surface area contributed by atoms with E-state index in [1.165, 1.54) is 0 Å². The predicted molar refractivity (Wildman–Crippen MR) is 46.0 cm³/mol. The van der Waals surface area contributed by atoms with Gasteiger partial charge in [0, 0.05) is 5.56 Å². The normalized spacial score (nSPS) is 10.5. The van der Waals surface area contributed by atoms with E-state index < -0.39 is 0 Å². The second kappa shape index (κ2) is 2.68. The highest BCUT2D eigenvalue weighted by Crippen LogP contribution is 2.27. The Kier molecular flexibility index (Phi) is 1.66. The van der Waals surface area contributed by atoms with Gasteiger partial charge in [-0.1, -0.05) is 11.6 Å². The van der Waals surface area contributed by atoms with E-state index in [0.29, 0.717) is 5.02 Å². The molecule has 0 amide bonds. The molecule has 0 fully saturated rings. The number of aromatic nitrogens is 2. The number of furan rings is 1. The molecule has 0 unspecified atom stereocenters. The first-order chi connectivity index (χ1) is 5.79. The molecule has 62 valence electrons. The van der Waals surface area contributed by atoms with Gasteiger partial charge >= 0.3 is 0 Å². The Morgan fingerprint density at radius 3 is 2.92 bits per heavy atom. The number of nitrogens with one attached hydrogen (secondary N) is 1. The molecule has 0 spiro atoms. The van der Waals surface area contributed by atoms with Crippen molar-refractivity contribution in [2.45, 2.75) is 6.92 Å². The van der Waals surface area contributed by atoms with E-state index in [1.54, 1.807) is 12.5 Å². The zero-order valence-electron chi connectivity index (χ0n) is 6.47. The molecule has 0 aliphatic carbocycles. The van der Waals surface area contributed by atoms with E-state index in [1.807, 2.05) is 13.0 Å². The van der Waals surface area contributed by atoms with Crippen LogP contribution in [0.3, 0.4) is 0 Å². The SMILES string of the molecule is Cc1[nH]nc(-c2ccoc2)c1Cl. The third kappa shape index (κ3) is 1.02. The summed E-state index contributed by atoms with van der Waals surface area (Å²) in [6.45, 7) is 1.87. The van der Waals surface area contributed by atoms with Crippen molar-refractivity contribution in [3.05, 3.63) is 29.3 Å². The molecule has 0 radical (unpaired) electrons. The van der Waals surface area contributed by atoms with Gasteiger partial charge in [-0.25, -0.2) is 0 Å². The smallest absolute Gasteiger partial charge is 0.114 e. The molecule has 4 heteroatoms. The molecule has 0 saturated heterocycles. The number of aryl methyl sites for hydroxylation is 1. The Balaban J connectivity index is 2.55. The van der Waals surface area contributed by atoms with Crippen LogP contribution in [0.1, 0.15) is 5.69 Å². The molecular formula is C8H7ClN2O. The fourth-order valence-electron chi connectivity index (χ4n) is 1.01. The van der Waals surface area contributed by atoms with E-state index in [-0.39, 0.29) is 0 Å². The number of H-pyrrole nitrogens is 1. The number of hydrogen-bond acceptors (Lipinski definition) is 2. The lowest BCUT2D eigenvalue weighted by atomic mass is 10.2. The zero-order valence-corrected chi connectivity index (χ0v) is 7.22. The van der Waals surface area contributed by atoms with E-state index in [9.17, 15) is 0 Å².